The molecule has 18 heavy (non-hydrogen) atoms. The Morgan fingerprint density at radius 3 is 2.11 bits per heavy atom. The number of aromatic nitrogens is 2. The van der Waals surface area contributed by atoms with Crippen LogP contribution in [-0.2, 0) is 0 Å². The summed E-state index contributed by atoms with van der Waals surface area (Å²) in [7, 11) is 0. The molecule has 0 saturated carbocycles. The van der Waals surface area contributed by atoms with E-state index in [2.05, 4.69) is 42.2 Å². The summed E-state index contributed by atoms with van der Waals surface area (Å²) in [6, 6.07) is 8.29. The van der Waals surface area contributed by atoms with E-state index in [1.807, 2.05) is 19.9 Å². The monoisotopic (exact) mass is 241 g/mol. The number of aryl methyl sites for hydroxylation is 4. The zero-order valence-electron chi connectivity index (χ0n) is 11.4. The molecule has 0 aliphatic heterocycles. The summed E-state index contributed by atoms with van der Waals surface area (Å²) in [6.45, 7) is 8.06. The van der Waals surface area contributed by atoms with Crippen molar-refractivity contribution in [3.8, 4) is 0 Å². The molecule has 1 atom stereocenters. The van der Waals surface area contributed by atoms with E-state index in [0.717, 1.165) is 22.5 Å². The van der Waals surface area contributed by atoms with Crippen molar-refractivity contribution in [3.63, 3.8) is 0 Å². The molecule has 2 N–H and O–H groups in total. The van der Waals surface area contributed by atoms with Gasteiger partial charge in [0, 0.05) is 0 Å². The first-order valence-corrected chi connectivity index (χ1v) is 6.12. The molecule has 0 bridgehead atoms. The molecule has 0 spiro atoms. The second-order valence-corrected chi connectivity index (χ2v) is 4.93. The highest BCUT2D eigenvalue weighted by Gasteiger charge is 2.13. The van der Waals surface area contributed by atoms with Gasteiger partial charge in [0.1, 0.15) is 0 Å². The fraction of sp³-hybridized carbons (Fsp3) is 0.333. The van der Waals surface area contributed by atoms with Gasteiger partial charge in [-0.05, 0) is 44.9 Å². The molecule has 3 heteroatoms. The average Bonchev–Trinajstić information content (AvgIpc) is 2.30. The highest BCUT2D eigenvalue weighted by molar-refractivity contribution is 5.37. The highest BCUT2D eigenvalue weighted by Crippen LogP contribution is 2.23. The first-order chi connectivity index (χ1) is 8.47. The number of nitrogens with zero attached hydrogens (tertiary/aromatic N) is 2. The molecule has 0 aliphatic carbocycles. The molecule has 1 aromatic carbocycles. The van der Waals surface area contributed by atoms with E-state index in [0.29, 0.717) is 0 Å². The van der Waals surface area contributed by atoms with Gasteiger partial charge in [0.25, 0.3) is 0 Å². The average molecular weight is 241 g/mol. The van der Waals surface area contributed by atoms with Crippen LogP contribution in [0.15, 0.2) is 24.3 Å². The number of nitrogens with two attached hydrogens (primary N) is 1. The SMILES string of the molecule is Cc1cc(C)cc(C(N)c2cc(C)nnc2C)c1. The van der Waals surface area contributed by atoms with E-state index in [1.54, 1.807) is 0 Å². The summed E-state index contributed by atoms with van der Waals surface area (Å²) in [5, 5.41) is 8.19. The third-order valence-corrected chi connectivity index (χ3v) is 3.08. The van der Waals surface area contributed by atoms with E-state index in [9.17, 15) is 0 Å². The lowest BCUT2D eigenvalue weighted by molar-refractivity contribution is 0.811. The molecule has 3 nitrogen and oxygen atoms in total. The van der Waals surface area contributed by atoms with Crippen LogP contribution < -0.4 is 5.73 Å². The van der Waals surface area contributed by atoms with Gasteiger partial charge in [-0.25, -0.2) is 0 Å². The maximum absolute atomic E-state index is 6.36. The van der Waals surface area contributed by atoms with Crippen LogP contribution in [0.3, 0.4) is 0 Å². The van der Waals surface area contributed by atoms with Gasteiger partial charge >= 0.3 is 0 Å². The van der Waals surface area contributed by atoms with Crippen LogP contribution in [0.25, 0.3) is 0 Å². The van der Waals surface area contributed by atoms with Gasteiger partial charge in [-0.1, -0.05) is 29.3 Å². The van der Waals surface area contributed by atoms with Gasteiger partial charge in [0.15, 0.2) is 0 Å². The van der Waals surface area contributed by atoms with Crippen molar-refractivity contribution in [2.75, 3.05) is 0 Å². The Labute approximate surface area is 108 Å². The van der Waals surface area contributed by atoms with Crippen LogP contribution >= 0.6 is 0 Å². The quantitative estimate of drug-likeness (QED) is 0.879. The van der Waals surface area contributed by atoms with Crippen LogP contribution in [0.2, 0.25) is 0 Å². The lowest BCUT2D eigenvalue weighted by Gasteiger charge is -2.16. The summed E-state index contributed by atoms with van der Waals surface area (Å²) in [4.78, 5) is 0. The van der Waals surface area contributed by atoms with E-state index < -0.39 is 0 Å². The lowest BCUT2D eigenvalue weighted by atomic mass is 9.95. The van der Waals surface area contributed by atoms with E-state index in [4.69, 9.17) is 5.73 Å². The van der Waals surface area contributed by atoms with Gasteiger partial charge in [0.05, 0.1) is 17.4 Å². The molecular weight excluding hydrogens is 222 g/mol. The van der Waals surface area contributed by atoms with Crippen LogP contribution in [0.1, 0.15) is 39.7 Å². The second-order valence-electron chi connectivity index (χ2n) is 4.93. The number of hydrogen-bond donors (Lipinski definition) is 1. The van der Waals surface area contributed by atoms with Gasteiger partial charge in [-0.2, -0.15) is 10.2 Å². The zero-order chi connectivity index (χ0) is 13.3. The summed E-state index contributed by atoms with van der Waals surface area (Å²) in [5.41, 5.74) is 12.8. The summed E-state index contributed by atoms with van der Waals surface area (Å²) in [6.07, 6.45) is 0. The van der Waals surface area contributed by atoms with Crippen molar-refractivity contribution in [3.05, 3.63) is 57.9 Å². The van der Waals surface area contributed by atoms with E-state index >= 15 is 0 Å². The van der Waals surface area contributed by atoms with Crippen molar-refractivity contribution in [2.24, 2.45) is 5.73 Å². The third-order valence-electron chi connectivity index (χ3n) is 3.08. The summed E-state index contributed by atoms with van der Waals surface area (Å²) in [5.74, 6) is 0. The minimum absolute atomic E-state index is 0.141. The Hall–Kier alpha value is -1.74. The predicted molar refractivity (Wildman–Crippen MR) is 73.5 cm³/mol. The Morgan fingerprint density at radius 2 is 1.50 bits per heavy atom. The lowest BCUT2D eigenvalue weighted by Crippen LogP contribution is -2.15. The van der Waals surface area contributed by atoms with Crippen molar-refractivity contribution in [1.82, 2.24) is 10.2 Å². The summed E-state index contributed by atoms with van der Waals surface area (Å²) < 4.78 is 0. The zero-order valence-corrected chi connectivity index (χ0v) is 11.4. The number of benzene rings is 1. The smallest absolute Gasteiger partial charge is 0.0651 e. The van der Waals surface area contributed by atoms with Crippen LogP contribution in [0.4, 0.5) is 0 Å². The minimum Gasteiger partial charge on any atom is -0.320 e. The molecule has 2 aromatic rings. The van der Waals surface area contributed by atoms with Gasteiger partial charge < -0.3 is 5.73 Å². The normalized spacial score (nSPS) is 12.5. The molecule has 0 radical (unpaired) electrons. The van der Waals surface area contributed by atoms with E-state index in [1.165, 1.54) is 11.1 Å². The molecule has 1 aromatic heterocycles. The molecule has 1 heterocycles. The maximum atomic E-state index is 6.36. The van der Waals surface area contributed by atoms with Crippen LogP contribution in [0.5, 0.6) is 0 Å². The minimum atomic E-state index is -0.141. The first-order valence-electron chi connectivity index (χ1n) is 6.12. The number of hydrogen-bond acceptors (Lipinski definition) is 3. The molecule has 0 aliphatic rings. The van der Waals surface area contributed by atoms with Crippen LogP contribution in [-0.4, -0.2) is 10.2 Å². The van der Waals surface area contributed by atoms with Gasteiger partial charge in [0.2, 0.25) is 0 Å². The largest absolute Gasteiger partial charge is 0.320 e. The topological polar surface area (TPSA) is 51.8 Å². The standard InChI is InChI=1S/C15H19N3/c1-9-5-10(2)7-13(6-9)15(16)14-8-11(3)17-18-12(14)4/h5-8,15H,16H2,1-4H3. The van der Waals surface area contributed by atoms with E-state index in [-0.39, 0.29) is 6.04 Å². The number of rotatable bonds is 2. The molecule has 0 amide bonds. The molecule has 0 fully saturated rings. The Balaban J connectivity index is 2.47. The highest BCUT2D eigenvalue weighted by atomic mass is 15.1. The van der Waals surface area contributed by atoms with Crippen molar-refractivity contribution in [1.29, 1.82) is 0 Å². The summed E-state index contributed by atoms with van der Waals surface area (Å²) >= 11 is 0. The maximum Gasteiger partial charge on any atom is 0.0651 e. The second kappa shape index (κ2) is 4.86. The molecular formula is C15H19N3. The van der Waals surface area contributed by atoms with Gasteiger partial charge in [-0.3, -0.25) is 0 Å². The Bertz CT molecular complexity index is 556. The van der Waals surface area contributed by atoms with Crippen LogP contribution in [0, 0.1) is 27.7 Å². The molecule has 0 saturated heterocycles. The Kier molecular flexibility index (Phi) is 3.43. The Morgan fingerprint density at radius 1 is 0.889 bits per heavy atom. The molecule has 2 rings (SSSR count). The third kappa shape index (κ3) is 2.57. The van der Waals surface area contributed by atoms with Crippen molar-refractivity contribution < 1.29 is 0 Å². The fourth-order valence-corrected chi connectivity index (χ4v) is 2.25. The molecule has 94 valence electrons. The molecule has 1 unspecified atom stereocenters. The first kappa shape index (κ1) is 12.7. The van der Waals surface area contributed by atoms with Crippen molar-refractivity contribution >= 4 is 0 Å². The fourth-order valence-electron chi connectivity index (χ4n) is 2.25. The van der Waals surface area contributed by atoms with Crippen molar-refractivity contribution in [2.45, 2.75) is 33.7 Å². The van der Waals surface area contributed by atoms with Gasteiger partial charge in [-0.15, -0.1) is 0 Å². The predicted octanol–water partition coefficient (Wildman–Crippen LogP) is 2.76.